The van der Waals surface area contributed by atoms with Crippen molar-refractivity contribution >= 4 is 0 Å². The zero-order chi connectivity index (χ0) is 8.16. The first-order valence-corrected chi connectivity index (χ1v) is 4.52. The topological polar surface area (TPSA) is 9.23 Å². The predicted molar refractivity (Wildman–Crippen MR) is 47.6 cm³/mol. The molecular formula is C10H18O. The summed E-state index contributed by atoms with van der Waals surface area (Å²) >= 11 is 0. The molecule has 1 heteroatoms. The first-order chi connectivity index (χ1) is 5.27. The lowest BCUT2D eigenvalue weighted by molar-refractivity contribution is -0.0424. The van der Waals surface area contributed by atoms with Crippen molar-refractivity contribution in [2.75, 3.05) is 6.61 Å². The highest BCUT2D eigenvalue weighted by atomic mass is 16.5. The molecule has 0 saturated heterocycles. The normalized spacial score (nSPS) is 23.0. The van der Waals surface area contributed by atoms with Crippen LogP contribution >= 0.6 is 0 Å². The number of hydrogen-bond acceptors (Lipinski definition) is 1. The van der Waals surface area contributed by atoms with Crippen molar-refractivity contribution in [1.82, 2.24) is 0 Å². The monoisotopic (exact) mass is 154 g/mol. The minimum Gasteiger partial charge on any atom is -0.371 e. The van der Waals surface area contributed by atoms with Crippen molar-refractivity contribution in [3.8, 4) is 0 Å². The van der Waals surface area contributed by atoms with E-state index in [0.29, 0.717) is 6.61 Å². The molecule has 1 saturated carbocycles. The van der Waals surface area contributed by atoms with Crippen LogP contribution in [0.5, 0.6) is 0 Å². The van der Waals surface area contributed by atoms with Crippen LogP contribution in [0.2, 0.25) is 0 Å². The molecule has 0 aromatic rings. The van der Waals surface area contributed by atoms with Gasteiger partial charge in [0.15, 0.2) is 0 Å². The first-order valence-electron chi connectivity index (χ1n) is 4.52. The fourth-order valence-corrected chi connectivity index (χ4v) is 1.70. The van der Waals surface area contributed by atoms with Crippen LogP contribution in [0, 0.1) is 0 Å². The summed E-state index contributed by atoms with van der Waals surface area (Å²) in [6, 6.07) is 0. The molecule has 0 spiro atoms. The maximum atomic E-state index is 5.70. The molecule has 0 aromatic carbocycles. The summed E-state index contributed by atoms with van der Waals surface area (Å²) in [5.41, 5.74) is 0.159. The molecule has 64 valence electrons. The van der Waals surface area contributed by atoms with Crippen molar-refractivity contribution in [3.05, 3.63) is 12.7 Å². The Morgan fingerprint density at radius 2 is 2.00 bits per heavy atom. The van der Waals surface area contributed by atoms with Gasteiger partial charge in [-0.15, -0.1) is 6.58 Å². The second kappa shape index (κ2) is 3.91. The van der Waals surface area contributed by atoms with Gasteiger partial charge < -0.3 is 4.74 Å². The minimum atomic E-state index is 0.159. The molecule has 0 radical (unpaired) electrons. The lowest BCUT2D eigenvalue weighted by Crippen LogP contribution is -2.31. The third-order valence-corrected chi connectivity index (χ3v) is 2.46. The highest BCUT2D eigenvalue weighted by Crippen LogP contribution is 2.30. The van der Waals surface area contributed by atoms with E-state index in [4.69, 9.17) is 4.74 Å². The molecule has 11 heavy (non-hydrogen) atoms. The third-order valence-electron chi connectivity index (χ3n) is 2.46. The largest absolute Gasteiger partial charge is 0.371 e. The van der Waals surface area contributed by atoms with Crippen LogP contribution in [0.1, 0.15) is 39.0 Å². The fraction of sp³-hybridized carbons (Fsp3) is 0.800. The minimum absolute atomic E-state index is 0.159. The van der Waals surface area contributed by atoms with Crippen molar-refractivity contribution in [2.45, 2.75) is 44.6 Å². The molecule has 1 rings (SSSR count). The summed E-state index contributed by atoms with van der Waals surface area (Å²) in [6.45, 7) is 6.57. The van der Waals surface area contributed by atoms with Gasteiger partial charge in [-0.05, 0) is 19.8 Å². The quantitative estimate of drug-likeness (QED) is 0.568. The molecule has 0 unspecified atom stereocenters. The van der Waals surface area contributed by atoms with Crippen LogP contribution in [0.4, 0.5) is 0 Å². The van der Waals surface area contributed by atoms with Crippen LogP contribution in [0.3, 0.4) is 0 Å². The van der Waals surface area contributed by atoms with Crippen molar-refractivity contribution < 1.29 is 4.74 Å². The Kier molecular flexibility index (Phi) is 3.13. The van der Waals surface area contributed by atoms with Crippen LogP contribution < -0.4 is 0 Å². The van der Waals surface area contributed by atoms with Gasteiger partial charge >= 0.3 is 0 Å². The zero-order valence-electron chi connectivity index (χ0n) is 7.44. The van der Waals surface area contributed by atoms with E-state index in [1.54, 1.807) is 0 Å². The molecule has 0 N–H and O–H groups in total. The molecule has 0 amide bonds. The summed E-state index contributed by atoms with van der Waals surface area (Å²) in [4.78, 5) is 0. The molecule has 1 aliphatic carbocycles. The van der Waals surface area contributed by atoms with Gasteiger partial charge in [-0.2, -0.15) is 0 Å². The fourth-order valence-electron chi connectivity index (χ4n) is 1.70. The van der Waals surface area contributed by atoms with E-state index in [0.717, 1.165) is 0 Å². The number of rotatable bonds is 3. The molecule has 0 aliphatic heterocycles. The summed E-state index contributed by atoms with van der Waals surface area (Å²) in [5.74, 6) is 0. The lowest BCUT2D eigenvalue weighted by Gasteiger charge is -2.33. The molecule has 0 aromatic heterocycles. The Labute approximate surface area is 69.4 Å². The van der Waals surface area contributed by atoms with Crippen molar-refractivity contribution in [3.63, 3.8) is 0 Å². The molecule has 1 fully saturated rings. The van der Waals surface area contributed by atoms with E-state index in [1.165, 1.54) is 32.1 Å². The predicted octanol–water partition coefficient (Wildman–Crippen LogP) is 2.91. The molecule has 0 heterocycles. The van der Waals surface area contributed by atoms with Crippen LogP contribution in [0.25, 0.3) is 0 Å². The van der Waals surface area contributed by atoms with Gasteiger partial charge in [0.05, 0.1) is 12.2 Å². The lowest BCUT2D eigenvalue weighted by atomic mass is 9.86. The number of hydrogen-bond donors (Lipinski definition) is 0. The van der Waals surface area contributed by atoms with Crippen molar-refractivity contribution in [2.24, 2.45) is 0 Å². The zero-order valence-corrected chi connectivity index (χ0v) is 7.44. The second-order valence-corrected chi connectivity index (χ2v) is 3.61. The Morgan fingerprint density at radius 1 is 1.36 bits per heavy atom. The van der Waals surface area contributed by atoms with Gasteiger partial charge in [-0.3, -0.25) is 0 Å². The third kappa shape index (κ3) is 2.66. The van der Waals surface area contributed by atoms with Gasteiger partial charge in [0.1, 0.15) is 0 Å². The van der Waals surface area contributed by atoms with Gasteiger partial charge in [-0.25, -0.2) is 0 Å². The molecule has 1 aliphatic rings. The first kappa shape index (κ1) is 8.79. The summed E-state index contributed by atoms with van der Waals surface area (Å²) in [5, 5.41) is 0. The van der Waals surface area contributed by atoms with Gasteiger partial charge in [-0.1, -0.05) is 25.3 Å². The smallest absolute Gasteiger partial charge is 0.0658 e. The SMILES string of the molecule is C=CCOC1(C)CCCCC1. The van der Waals surface area contributed by atoms with E-state index >= 15 is 0 Å². The van der Waals surface area contributed by atoms with E-state index in [1.807, 2.05) is 6.08 Å². The Hall–Kier alpha value is -0.300. The Morgan fingerprint density at radius 3 is 2.55 bits per heavy atom. The van der Waals surface area contributed by atoms with Crippen LogP contribution in [-0.2, 0) is 4.74 Å². The Bertz CT molecular complexity index is 123. The maximum absolute atomic E-state index is 5.70. The molecule has 0 bridgehead atoms. The van der Waals surface area contributed by atoms with E-state index in [-0.39, 0.29) is 5.60 Å². The van der Waals surface area contributed by atoms with E-state index in [2.05, 4.69) is 13.5 Å². The second-order valence-electron chi connectivity index (χ2n) is 3.61. The average molecular weight is 154 g/mol. The van der Waals surface area contributed by atoms with Crippen LogP contribution in [0.15, 0.2) is 12.7 Å². The van der Waals surface area contributed by atoms with E-state index in [9.17, 15) is 0 Å². The highest BCUT2D eigenvalue weighted by Gasteiger charge is 2.26. The van der Waals surface area contributed by atoms with Gasteiger partial charge in [0, 0.05) is 0 Å². The molecule has 1 nitrogen and oxygen atoms in total. The van der Waals surface area contributed by atoms with Crippen LogP contribution in [-0.4, -0.2) is 12.2 Å². The summed E-state index contributed by atoms with van der Waals surface area (Å²) in [6.07, 6.45) is 8.32. The average Bonchev–Trinajstić information content (AvgIpc) is 2.03. The van der Waals surface area contributed by atoms with E-state index < -0.39 is 0 Å². The maximum Gasteiger partial charge on any atom is 0.0658 e. The van der Waals surface area contributed by atoms with Crippen molar-refractivity contribution in [1.29, 1.82) is 0 Å². The Balaban J connectivity index is 2.30. The molecular weight excluding hydrogens is 136 g/mol. The number of ether oxygens (including phenoxy) is 1. The highest BCUT2D eigenvalue weighted by molar-refractivity contribution is 4.81. The summed E-state index contributed by atoms with van der Waals surface area (Å²) in [7, 11) is 0. The molecule has 0 atom stereocenters. The van der Waals surface area contributed by atoms with Gasteiger partial charge in [0.2, 0.25) is 0 Å². The summed E-state index contributed by atoms with van der Waals surface area (Å²) < 4.78 is 5.70. The standard InChI is InChI=1S/C10H18O/c1-3-9-11-10(2)7-5-4-6-8-10/h3H,1,4-9H2,2H3. The van der Waals surface area contributed by atoms with Gasteiger partial charge in [0.25, 0.3) is 0 Å².